The number of carbonyl (C=O) groups is 1. The van der Waals surface area contributed by atoms with E-state index in [9.17, 15) is 4.79 Å². The van der Waals surface area contributed by atoms with Crippen LogP contribution >= 0.6 is 0 Å². The van der Waals surface area contributed by atoms with Crippen LogP contribution in [0.3, 0.4) is 0 Å². The highest BCUT2D eigenvalue weighted by Crippen LogP contribution is 2.32. The summed E-state index contributed by atoms with van der Waals surface area (Å²) < 4.78 is 16.3. The molecule has 4 aromatic rings. The van der Waals surface area contributed by atoms with E-state index in [4.69, 9.17) is 14.0 Å². The molecule has 0 radical (unpaired) electrons. The molecule has 2 heterocycles. The maximum absolute atomic E-state index is 13.6. The third kappa shape index (κ3) is 4.26. The summed E-state index contributed by atoms with van der Waals surface area (Å²) in [5.74, 6) is 1.14. The monoisotopic (exact) mass is 445 g/mol. The smallest absolute Gasteiger partial charge is 0.259 e. The largest absolute Gasteiger partial charge is 0.493 e. The number of amides is 1. The van der Waals surface area contributed by atoms with Crippen LogP contribution in [0, 0.1) is 20.8 Å². The molecule has 0 fully saturated rings. The van der Waals surface area contributed by atoms with E-state index in [0.29, 0.717) is 46.1 Å². The van der Waals surface area contributed by atoms with Gasteiger partial charge >= 0.3 is 0 Å². The van der Waals surface area contributed by atoms with Gasteiger partial charge < -0.3 is 18.9 Å². The Morgan fingerprint density at radius 2 is 1.67 bits per heavy atom. The van der Waals surface area contributed by atoms with Crippen LogP contribution in [-0.2, 0) is 6.54 Å². The molecule has 0 saturated heterocycles. The fraction of sp³-hybridized carbons (Fsp3) is 0.269. The van der Waals surface area contributed by atoms with Gasteiger partial charge in [-0.25, -0.2) is 4.98 Å². The number of carbonyl (C=O) groups excluding carboxylic acids is 1. The summed E-state index contributed by atoms with van der Waals surface area (Å²) in [6.45, 7) is 6.23. The Morgan fingerprint density at radius 1 is 1.00 bits per heavy atom. The molecule has 0 bridgehead atoms. The summed E-state index contributed by atoms with van der Waals surface area (Å²) in [5.41, 5.74) is 6.19. The fourth-order valence-corrected chi connectivity index (χ4v) is 3.86. The molecule has 0 spiro atoms. The number of aromatic nitrogens is 2. The van der Waals surface area contributed by atoms with Gasteiger partial charge in [0.25, 0.3) is 11.6 Å². The molecule has 0 atom stereocenters. The third-order valence-corrected chi connectivity index (χ3v) is 5.79. The first-order chi connectivity index (χ1) is 15.8. The number of pyridine rings is 1. The van der Waals surface area contributed by atoms with E-state index >= 15 is 0 Å². The number of ether oxygens (including phenoxy) is 2. The van der Waals surface area contributed by atoms with Gasteiger partial charge in [0.15, 0.2) is 11.5 Å². The van der Waals surface area contributed by atoms with Crippen molar-refractivity contribution in [3.63, 3.8) is 0 Å². The quantitative estimate of drug-likeness (QED) is 0.411. The first kappa shape index (κ1) is 22.3. The zero-order valence-electron chi connectivity index (χ0n) is 19.7. The Morgan fingerprint density at radius 3 is 2.33 bits per heavy atom. The summed E-state index contributed by atoms with van der Waals surface area (Å²) in [6, 6.07) is 13.6. The molecule has 2 aromatic carbocycles. The van der Waals surface area contributed by atoms with Crippen LogP contribution in [0.4, 0.5) is 0 Å². The molecular formula is C26H27N3O4. The predicted molar refractivity (Wildman–Crippen MR) is 127 cm³/mol. The van der Waals surface area contributed by atoms with Crippen molar-refractivity contribution in [3.05, 3.63) is 70.4 Å². The Bertz CT molecular complexity index is 1330. The van der Waals surface area contributed by atoms with Gasteiger partial charge in [-0.1, -0.05) is 35.0 Å². The number of rotatable bonds is 6. The second kappa shape index (κ2) is 8.94. The Kier molecular flexibility index (Phi) is 6.05. The minimum atomic E-state index is -0.142. The van der Waals surface area contributed by atoms with Gasteiger partial charge in [0.2, 0.25) is 0 Å². The van der Waals surface area contributed by atoms with E-state index in [0.717, 1.165) is 22.3 Å². The fourth-order valence-electron chi connectivity index (χ4n) is 3.86. The van der Waals surface area contributed by atoms with Crippen molar-refractivity contribution in [1.82, 2.24) is 15.0 Å². The van der Waals surface area contributed by atoms with Gasteiger partial charge in [0.1, 0.15) is 0 Å². The molecule has 0 unspecified atom stereocenters. The average Bonchev–Trinajstić information content (AvgIpc) is 3.20. The predicted octanol–water partition coefficient (Wildman–Crippen LogP) is 5.10. The van der Waals surface area contributed by atoms with Crippen molar-refractivity contribution in [2.24, 2.45) is 0 Å². The number of methoxy groups -OCH3 is 2. The summed E-state index contributed by atoms with van der Waals surface area (Å²) >= 11 is 0. The van der Waals surface area contributed by atoms with E-state index in [1.807, 2.05) is 63.2 Å². The highest BCUT2D eigenvalue weighted by molar-refractivity contribution is 6.06. The van der Waals surface area contributed by atoms with Gasteiger partial charge in [-0.05, 0) is 50.1 Å². The van der Waals surface area contributed by atoms with Crippen LogP contribution in [0.2, 0.25) is 0 Å². The lowest BCUT2D eigenvalue weighted by molar-refractivity contribution is 0.0786. The molecule has 7 nitrogen and oxygen atoms in total. The number of aryl methyl sites for hydroxylation is 3. The molecule has 0 aliphatic carbocycles. The van der Waals surface area contributed by atoms with Crippen molar-refractivity contribution in [3.8, 4) is 22.8 Å². The minimum absolute atomic E-state index is 0.142. The average molecular weight is 446 g/mol. The number of hydrogen-bond acceptors (Lipinski definition) is 6. The molecule has 4 rings (SSSR count). The van der Waals surface area contributed by atoms with Crippen LogP contribution in [0.1, 0.15) is 32.7 Å². The lowest BCUT2D eigenvalue weighted by Crippen LogP contribution is -2.27. The molecular weight excluding hydrogens is 418 g/mol. The van der Waals surface area contributed by atoms with Gasteiger partial charge in [-0.3, -0.25) is 4.79 Å². The summed E-state index contributed by atoms with van der Waals surface area (Å²) in [4.78, 5) is 19.9. The van der Waals surface area contributed by atoms with Crippen LogP contribution in [0.15, 0.2) is 47.0 Å². The van der Waals surface area contributed by atoms with Crippen molar-refractivity contribution < 1.29 is 18.8 Å². The maximum atomic E-state index is 13.6. The highest BCUT2D eigenvalue weighted by atomic mass is 16.5. The van der Waals surface area contributed by atoms with E-state index in [1.165, 1.54) is 0 Å². The van der Waals surface area contributed by atoms with Crippen molar-refractivity contribution in [2.75, 3.05) is 21.3 Å². The number of hydrogen-bond donors (Lipinski definition) is 0. The number of nitrogens with zero attached hydrogens (tertiary/aromatic N) is 3. The lowest BCUT2D eigenvalue weighted by Gasteiger charge is -2.20. The van der Waals surface area contributed by atoms with Gasteiger partial charge in [-0.15, -0.1) is 0 Å². The standard InChI is InChI=1S/C26H27N3O4/c1-15-7-9-18(10-8-15)21-13-20(24-17(3)28-33-25(24)27-21)26(30)29(4)14-19-12-23(32-6)22(31-5)11-16(19)2/h7-13H,14H2,1-6H3. The van der Waals surface area contributed by atoms with E-state index in [1.54, 1.807) is 26.2 Å². The Hall–Kier alpha value is -3.87. The van der Waals surface area contributed by atoms with Crippen LogP contribution in [-0.4, -0.2) is 42.2 Å². The zero-order chi connectivity index (χ0) is 23.7. The third-order valence-electron chi connectivity index (χ3n) is 5.79. The minimum Gasteiger partial charge on any atom is -0.493 e. The van der Waals surface area contributed by atoms with Gasteiger partial charge in [0, 0.05) is 19.2 Å². The second-order valence-corrected chi connectivity index (χ2v) is 8.16. The molecule has 1 amide bonds. The summed E-state index contributed by atoms with van der Waals surface area (Å²) in [6.07, 6.45) is 0. The van der Waals surface area contributed by atoms with E-state index < -0.39 is 0 Å². The Balaban J connectivity index is 1.73. The molecule has 0 N–H and O–H groups in total. The lowest BCUT2D eigenvalue weighted by atomic mass is 10.0. The summed E-state index contributed by atoms with van der Waals surface area (Å²) in [7, 11) is 4.98. The number of fused-ring (bicyclic) bond motifs is 1. The van der Waals surface area contributed by atoms with Crippen LogP contribution in [0.5, 0.6) is 11.5 Å². The van der Waals surface area contributed by atoms with Gasteiger partial charge in [-0.2, -0.15) is 0 Å². The first-order valence-electron chi connectivity index (χ1n) is 10.6. The molecule has 170 valence electrons. The van der Waals surface area contributed by atoms with Crippen molar-refractivity contribution in [1.29, 1.82) is 0 Å². The zero-order valence-corrected chi connectivity index (χ0v) is 19.7. The van der Waals surface area contributed by atoms with E-state index in [2.05, 4.69) is 10.1 Å². The molecule has 2 aromatic heterocycles. The highest BCUT2D eigenvalue weighted by Gasteiger charge is 2.23. The molecule has 7 heteroatoms. The molecule has 0 saturated carbocycles. The normalized spacial score (nSPS) is 11.0. The van der Waals surface area contributed by atoms with Crippen LogP contribution < -0.4 is 9.47 Å². The van der Waals surface area contributed by atoms with Crippen molar-refractivity contribution in [2.45, 2.75) is 27.3 Å². The number of benzene rings is 2. The second-order valence-electron chi connectivity index (χ2n) is 8.16. The van der Waals surface area contributed by atoms with Gasteiger partial charge in [0.05, 0.1) is 36.6 Å². The first-order valence-corrected chi connectivity index (χ1v) is 10.6. The summed E-state index contributed by atoms with van der Waals surface area (Å²) in [5, 5.41) is 4.68. The SMILES string of the molecule is COc1cc(C)c(CN(C)C(=O)c2cc(-c3ccc(C)cc3)nc3onc(C)c23)cc1OC. The molecule has 0 aliphatic heterocycles. The molecule has 33 heavy (non-hydrogen) atoms. The van der Waals surface area contributed by atoms with Crippen molar-refractivity contribution >= 4 is 17.0 Å². The molecule has 0 aliphatic rings. The maximum Gasteiger partial charge on any atom is 0.259 e. The van der Waals surface area contributed by atoms with Crippen LogP contribution in [0.25, 0.3) is 22.4 Å². The topological polar surface area (TPSA) is 77.7 Å². The van der Waals surface area contributed by atoms with E-state index in [-0.39, 0.29) is 5.91 Å². The Labute approximate surface area is 192 Å².